The highest BCUT2D eigenvalue weighted by molar-refractivity contribution is 7.59. The van der Waals surface area contributed by atoms with Crippen LogP contribution in [0.25, 0.3) is 44.2 Å². The number of aromatic amines is 2. The Labute approximate surface area is 390 Å². The molecule has 62 heavy (non-hydrogen) atoms. The minimum absolute atomic E-state index is 0. The number of fused-ring (bicyclic) bond motifs is 2. The summed E-state index contributed by atoms with van der Waals surface area (Å²) in [4.78, 5) is 72.1. The lowest BCUT2D eigenvalue weighted by atomic mass is 9.99. The number of nitrogens with zero attached hydrogens (tertiary/aromatic N) is 4. The monoisotopic (exact) mass is 924 g/mol. The van der Waals surface area contributed by atoms with Gasteiger partial charge in [-0.05, 0) is 95.5 Å². The number of carbonyl (C=O) groups excluding carboxylic acids is 4. The number of amides is 4. The van der Waals surface area contributed by atoms with Gasteiger partial charge in [0.25, 0.3) is 0 Å². The van der Waals surface area contributed by atoms with E-state index in [-0.39, 0.29) is 95.1 Å². The van der Waals surface area contributed by atoms with Crippen molar-refractivity contribution < 1.29 is 28.7 Å². The van der Waals surface area contributed by atoms with E-state index in [2.05, 4.69) is 69.1 Å². The van der Waals surface area contributed by atoms with Gasteiger partial charge in [-0.3, -0.25) is 9.59 Å². The third-order valence-corrected chi connectivity index (χ3v) is 12.3. The molecule has 0 bridgehead atoms. The zero-order valence-corrected chi connectivity index (χ0v) is 39.9. The summed E-state index contributed by atoms with van der Waals surface area (Å²) in [7, 11) is 2.60. The quantitative estimate of drug-likeness (QED) is 0.110. The van der Waals surface area contributed by atoms with E-state index in [9.17, 15) is 19.2 Å². The van der Waals surface area contributed by atoms with Gasteiger partial charge in [0, 0.05) is 18.7 Å². The van der Waals surface area contributed by atoms with Crippen LogP contribution in [0.2, 0.25) is 0 Å². The molecule has 18 heteroatoms. The first kappa shape index (κ1) is 50.1. The Hall–Kier alpha value is -4.52. The first-order valence-corrected chi connectivity index (χ1v) is 20.3. The van der Waals surface area contributed by atoms with Crippen LogP contribution in [0.5, 0.6) is 0 Å². The number of ether oxygens (including phenoxy) is 2. The molecule has 8 rings (SSSR count). The lowest BCUT2D eigenvalue weighted by molar-refractivity contribution is -0.136. The Morgan fingerprint density at radius 3 is 1.89 bits per heavy atom. The third-order valence-electron chi connectivity index (χ3n) is 12.3. The number of rotatable bonds is 10. The third kappa shape index (κ3) is 9.98. The minimum Gasteiger partial charge on any atom is -0.453 e. The SMILES string of the molecule is COC(=O)N[C@H](C(=O)N1CCC[C@H]1c1ncc(-c2ccc3cc(-c4ccc5nc([C@@H]6CC7(CC7)CN6C(=O)[C@@H](NC(=O)OC)C(C)C)[nH]c5c4)ccc3c2)[nH]1)C(C)C.S.S.S.S. The van der Waals surface area contributed by atoms with Crippen molar-refractivity contribution in [2.75, 3.05) is 27.3 Å². The normalized spacial score (nSPS) is 18.3. The second kappa shape index (κ2) is 20.3. The van der Waals surface area contributed by atoms with Gasteiger partial charge < -0.3 is 39.9 Å². The van der Waals surface area contributed by atoms with Gasteiger partial charge >= 0.3 is 12.2 Å². The fraction of sp³-hybridized carbons (Fsp3) is 0.455. The van der Waals surface area contributed by atoms with Gasteiger partial charge in [0.05, 0.1) is 49.2 Å². The molecule has 2 aliphatic heterocycles. The van der Waals surface area contributed by atoms with Gasteiger partial charge in [0.15, 0.2) is 0 Å². The summed E-state index contributed by atoms with van der Waals surface area (Å²) in [5, 5.41) is 7.63. The van der Waals surface area contributed by atoms with Crippen molar-refractivity contribution in [3.05, 3.63) is 72.4 Å². The van der Waals surface area contributed by atoms with E-state index in [1.165, 1.54) is 14.2 Å². The average molecular weight is 925 g/mol. The van der Waals surface area contributed by atoms with Crippen LogP contribution in [-0.4, -0.2) is 93.1 Å². The number of imidazole rings is 2. The molecule has 0 radical (unpaired) electrons. The van der Waals surface area contributed by atoms with Gasteiger partial charge in [-0.2, -0.15) is 54.0 Å². The molecule has 4 N–H and O–H groups in total. The number of benzene rings is 3. The van der Waals surface area contributed by atoms with Crippen molar-refractivity contribution in [3.8, 4) is 22.4 Å². The molecule has 5 aromatic rings. The zero-order chi connectivity index (χ0) is 40.9. The number of hydrogen-bond donors (Lipinski definition) is 4. The number of carbonyl (C=O) groups is 4. The minimum atomic E-state index is -0.692. The number of aromatic nitrogens is 4. The molecular weight excluding hydrogens is 865 g/mol. The van der Waals surface area contributed by atoms with Gasteiger partial charge in [-0.1, -0.05) is 58.0 Å². The van der Waals surface area contributed by atoms with Gasteiger partial charge in [-0.15, -0.1) is 0 Å². The highest BCUT2D eigenvalue weighted by Crippen LogP contribution is 2.58. The molecule has 2 aromatic heterocycles. The largest absolute Gasteiger partial charge is 0.453 e. The molecule has 3 aromatic carbocycles. The van der Waals surface area contributed by atoms with Crippen molar-refractivity contribution in [1.29, 1.82) is 0 Å². The van der Waals surface area contributed by atoms with Crippen LogP contribution in [-0.2, 0) is 19.1 Å². The summed E-state index contributed by atoms with van der Waals surface area (Å²) in [6.45, 7) is 8.91. The number of methoxy groups -OCH3 is 2. The molecule has 2 saturated heterocycles. The molecule has 4 heterocycles. The number of likely N-dealkylation sites (tertiary alicyclic amines) is 2. The Kier molecular flexibility index (Phi) is 16.4. The van der Waals surface area contributed by atoms with Crippen LogP contribution in [0.4, 0.5) is 9.59 Å². The first-order chi connectivity index (χ1) is 27.9. The van der Waals surface area contributed by atoms with Crippen LogP contribution in [0.3, 0.4) is 0 Å². The summed E-state index contributed by atoms with van der Waals surface area (Å²) >= 11 is 0. The Bertz CT molecular complexity index is 2400. The smallest absolute Gasteiger partial charge is 0.407 e. The molecule has 3 fully saturated rings. The second-order valence-electron chi connectivity index (χ2n) is 16.9. The van der Waals surface area contributed by atoms with E-state index < -0.39 is 24.3 Å². The van der Waals surface area contributed by atoms with Crippen molar-refractivity contribution in [1.82, 2.24) is 40.4 Å². The summed E-state index contributed by atoms with van der Waals surface area (Å²) in [5.74, 6) is 1.02. The highest BCUT2D eigenvalue weighted by Gasteiger charge is 2.55. The fourth-order valence-corrected chi connectivity index (χ4v) is 8.75. The van der Waals surface area contributed by atoms with Crippen molar-refractivity contribution in [3.63, 3.8) is 0 Å². The molecule has 4 atom stereocenters. The Morgan fingerprint density at radius 2 is 1.29 bits per heavy atom. The molecule has 0 unspecified atom stereocenters. The van der Waals surface area contributed by atoms with Crippen LogP contribution in [0, 0.1) is 17.3 Å². The number of alkyl carbamates (subject to hydrolysis) is 2. The second-order valence-corrected chi connectivity index (χ2v) is 16.9. The predicted octanol–water partition coefficient (Wildman–Crippen LogP) is 7.70. The van der Waals surface area contributed by atoms with Crippen LogP contribution in [0.1, 0.15) is 83.5 Å². The maximum Gasteiger partial charge on any atom is 0.407 e. The predicted molar refractivity (Wildman–Crippen MR) is 261 cm³/mol. The lowest BCUT2D eigenvalue weighted by Gasteiger charge is -2.30. The maximum atomic E-state index is 13.9. The molecule has 3 aliphatic rings. The van der Waals surface area contributed by atoms with Gasteiger partial charge in [0.1, 0.15) is 23.7 Å². The Balaban J connectivity index is 0.00000211. The number of nitrogens with one attached hydrogen (secondary N) is 4. The molecular formula is C44H60N8O6S4. The van der Waals surface area contributed by atoms with Gasteiger partial charge in [0.2, 0.25) is 11.8 Å². The maximum absolute atomic E-state index is 13.9. The number of hydrogen-bond acceptors (Lipinski definition) is 8. The van der Waals surface area contributed by atoms with Crippen molar-refractivity contribution in [2.24, 2.45) is 17.3 Å². The average Bonchev–Trinajstić information content (AvgIpc) is 3.71. The van der Waals surface area contributed by atoms with Gasteiger partial charge in [-0.25, -0.2) is 19.6 Å². The van der Waals surface area contributed by atoms with E-state index in [1.54, 1.807) is 0 Å². The molecule has 1 aliphatic carbocycles. The molecule has 1 spiro atoms. The molecule has 336 valence electrons. The fourth-order valence-electron chi connectivity index (χ4n) is 8.75. The summed E-state index contributed by atoms with van der Waals surface area (Å²) in [5.41, 5.74) is 5.82. The summed E-state index contributed by atoms with van der Waals surface area (Å²) < 4.78 is 9.60. The first-order valence-electron chi connectivity index (χ1n) is 20.3. The van der Waals surface area contributed by atoms with E-state index in [0.717, 1.165) is 87.9 Å². The van der Waals surface area contributed by atoms with Crippen LogP contribution in [0.15, 0.2) is 60.8 Å². The van der Waals surface area contributed by atoms with E-state index >= 15 is 0 Å². The topological polar surface area (TPSA) is 175 Å². The van der Waals surface area contributed by atoms with Crippen LogP contribution < -0.4 is 10.6 Å². The summed E-state index contributed by atoms with van der Waals surface area (Å²) in [6, 6.07) is 17.2. The van der Waals surface area contributed by atoms with E-state index in [0.29, 0.717) is 13.1 Å². The summed E-state index contributed by atoms with van der Waals surface area (Å²) in [6.07, 6.45) is 5.22. The molecule has 1 saturated carbocycles. The lowest BCUT2D eigenvalue weighted by Crippen LogP contribution is -2.51. The van der Waals surface area contributed by atoms with Crippen LogP contribution >= 0.6 is 54.0 Å². The highest BCUT2D eigenvalue weighted by atomic mass is 32.1. The molecule has 14 nitrogen and oxygen atoms in total. The standard InChI is InChI=1S/C44H52N8O6.4H2S/c1-24(2)36(49-42(55)57-5)40(53)51-17-7-8-34(51)38-45-22-33(48-38)30-12-11-26-18-27(9-10-28(26)19-30)29-13-14-31-32(20-29)47-39(46-31)35-21-44(15-16-44)23-52(35)41(54)37(25(3)4)50-43(56)58-6;;;;/h9-14,18-20,22,24-25,34-37H,7-8,15-17,21,23H2,1-6H3,(H,45,48)(H,46,47)(H,49,55)(H,50,56);4*1H2/t34-,35-,36-,37-;;;;/m0..../s1. The number of H-pyrrole nitrogens is 2. The van der Waals surface area contributed by atoms with E-state index in [1.807, 2.05) is 49.8 Å². The van der Waals surface area contributed by atoms with Crippen molar-refractivity contribution in [2.45, 2.75) is 84.0 Å². The molecule has 4 amide bonds. The zero-order valence-electron chi connectivity index (χ0n) is 35.9. The Morgan fingerprint density at radius 1 is 0.726 bits per heavy atom. The van der Waals surface area contributed by atoms with E-state index in [4.69, 9.17) is 19.4 Å². The van der Waals surface area contributed by atoms with Crippen molar-refractivity contribution >= 4 is 99.8 Å².